The van der Waals surface area contributed by atoms with Gasteiger partial charge in [0.25, 0.3) is 0 Å². The summed E-state index contributed by atoms with van der Waals surface area (Å²) in [7, 11) is 0. The van der Waals surface area contributed by atoms with E-state index in [1.807, 2.05) is 20.8 Å². The highest BCUT2D eigenvalue weighted by molar-refractivity contribution is 5.82. The Hall–Kier alpha value is -1.06. The van der Waals surface area contributed by atoms with Crippen molar-refractivity contribution in [2.45, 2.75) is 67.2 Å². The van der Waals surface area contributed by atoms with Gasteiger partial charge in [-0.3, -0.25) is 9.59 Å². The maximum Gasteiger partial charge on any atom is 0.309 e. The third-order valence-electron chi connectivity index (χ3n) is 3.26. The van der Waals surface area contributed by atoms with E-state index in [2.05, 4.69) is 20.8 Å². The van der Waals surface area contributed by atoms with Crippen LogP contribution >= 0.6 is 0 Å². The lowest BCUT2D eigenvalue weighted by atomic mass is 9.77. The molecule has 2 atom stereocenters. The number of esters is 2. The van der Waals surface area contributed by atoms with Gasteiger partial charge in [-0.2, -0.15) is 0 Å². The van der Waals surface area contributed by atoms with Crippen LogP contribution in [-0.2, 0) is 19.1 Å². The number of rotatable bonds is 9. The largest absolute Gasteiger partial charge is 0.465 e. The van der Waals surface area contributed by atoms with Crippen molar-refractivity contribution in [3.05, 3.63) is 0 Å². The molecule has 0 saturated carbocycles. The minimum Gasteiger partial charge on any atom is -0.465 e. The van der Waals surface area contributed by atoms with E-state index in [1.54, 1.807) is 0 Å². The Kier molecular flexibility index (Phi) is 9.31. The number of carbonyl (C=O) groups is 2. The van der Waals surface area contributed by atoms with Crippen LogP contribution in [0.25, 0.3) is 0 Å². The zero-order valence-electron chi connectivity index (χ0n) is 14.5. The SMILES string of the molecule is CCCOC(=O)C(CC)C(CC(C)(C)C)C(=O)OCCC. The predicted molar refractivity (Wildman–Crippen MR) is 83.8 cm³/mol. The molecule has 4 heteroatoms. The van der Waals surface area contributed by atoms with Gasteiger partial charge >= 0.3 is 11.9 Å². The van der Waals surface area contributed by atoms with Crippen LogP contribution in [0.4, 0.5) is 0 Å². The van der Waals surface area contributed by atoms with Crippen molar-refractivity contribution in [2.75, 3.05) is 13.2 Å². The zero-order valence-corrected chi connectivity index (χ0v) is 14.5. The van der Waals surface area contributed by atoms with Crippen LogP contribution in [0, 0.1) is 17.3 Å². The summed E-state index contributed by atoms with van der Waals surface area (Å²) in [5, 5.41) is 0. The number of hydrogen-bond donors (Lipinski definition) is 0. The molecule has 4 nitrogen and oxygen atoms in total. The summed E-state index contributed by atoms with van der Waals surface area (Å²) in [6.45, 7) is 12.8. The molecule has 0 spiro atoms. The van der Waals surface area contributed by atoms with E-state index < -0.39 is 11.8 Å². The fourth-order valence-electron chi connectivity index (χ4n) is 2.28. The summed E-state index contributed by atoms with van der Waals surface area (Å²) in [4.78, 5) is 24.5. The highest BCUT2D eigenvalue weighted by Gasteiger charge is 2.37. The van der Waals surface area contributed by atoms with Crippen LogP contribution in [0.2, 0.25) is 0 Å². The van der Waals surface area contributed by atoms with Crippen molar-refractivity contribution >= 4 is 11.9 Å². The second kappa shape index (κ2) is 9.80. The first-order valence-corrected chi connectivity index (χ1v) is 8.10. The Balaban J connectivity index is 5.03. The quantitative estimate of drug-likeness (QED) is 0.605. The monoisotopic (exact) mass is 300 g/mol. The van der Waals surface area contributed by atoms with Gasteiger partial charge in [-0.05, 0) is 31.1 Å². The van der Waals surface area contributed by atoms with Gasteiger partial charge in [-0.25, -0.2) is 0 Å². The molecule has 21 heavy (non-hydrogen) atoms. The van der Waals surface area contributed by atoms with Crippen LogP contribution in [-0.4, -0.2) is 25.2 Å². The minimum absolute atomic E-state index is 0.0473. The van der Waals surface area contributed by atoms with Crippen LogP contribution in [0.15, 0.2) is 0 Å². The van der Waals surface area contributed by atoms with Crippen LogP contribution < -0.4 is 0 Å². The molecule has 0 radical (unpaired) electrons. The van der Waals surface area contributed by atoms with Crippen molar-refractivity contribution in [2.24, 2.45) is 17.3 Å². The number of ether oxygens (including phenoxy) is 2. The molecular formula is C17H32O4. The lowest BCUT2D eigenvalue weighted by Gasteiger charge is -2.29. The molecule has 0 heterocycles. The third-order valence-corrected chi connectivity index (χ3v) is 3.26. The summed E-state index contributed by atoms with van der Waals surface area (Å²) in [6, 6.07) is 0. The molecule has 0 amide bonds. The molecule has 0 aliphatic carbocycles. The first kappa shape index (κ1) is 19.9. The van der Waals surface area contributed by atoms with Gasteiger partial charge in [0.15, 0.2) is 0 Å². The maximum atomic E-state index is 12.3. The highest BCUT2D eigenvalue weighted by Crippen LogP contribution is 2.32. The van der Waals surface area contributed by atoms with Crippen molar-refractivity contribution in [1.82, 2.24) is 0 Å². The Morgan fingerprint density at radius 2 is 1.29 bits per heavy atom. The lowest BCUT2D eigenvalue weighted by molar-refractivity contribution is -0.162. The van der Waals surface area contributed by atoms with Crippen LogP contribution in [0.5, 0.6) is 0 Å². The second-order valence-electron chi connectivity index (χ2n) is 6.72. The molecule has 0 aliphatic rings. The minimum atomic E-state index is -0.425. The standard InChI is InChI=1S/C17H32O4/c1-7-10-20-15(18)13(9-3)14(12-17(4,5)6)16(19)21-11-8-2/h13-14H,7-12H2,1-6H3. The van der Waals surface area contributed by atoms with E-state index in [1.165, 1.54) is 0 Å². The lowest BCUT2D eigenvalue weighted by Crippen LogP contribution is -2.35. The summed E-state index contributed by atoms with van der Waals surface area (Å²) >= 11 is 0. The topological polar surface area (TPSA) is 52.6 Å². The molecule has 2 unspecified atom stereocenters. The van der Waals surface area contributed by atoms with Gasteiger partial charge in [-0.15, -0.1) is 0 Å². The van der Waals surface area contributed by atoms with E-state index in [9.17, 15) is 9.59 Å². The molecule has 124 valence electrons. The molecule has 0 aliphatic heterocycles. The van der Waals surface area contributed by atoms with Gasteiger partial charge in [0.1, 0.15) is 0 Å². The van der Waals surface area contributed by atoms with Gasteiger partial charge in [0.2, 0.25) is 0 Å². The molecule has 0 fully saturated rings. The summed E-state index contributed by atoms with van der Waals surface area (Å²) in [5.74, 6) is -1.39. The number of carbonyl (C=O) groups excluding carboxylic acids is 2. The molecule has 0 bridgehead atoms. The molecule has 0 aromatic carbocycles. The van der Waals surface area contributed by atoms with E-state index >= 15 is 0 Å². The van der Waals surface area contributed by atoms with Crippen LogP contribution in [0.3, 0.4) is 0 Å². The third kappa shape index (κ3) is 8.08. The van der Waals surface area contributed by atoms with Gasteiger partial charge in [-0.1, -0.05) is 41.5 Å². The first-order valence-electron chi connectivity index (χ1n) is 8.10. The average molecular weight is 300 g/mol. The van der Waals surface area contributed by atoms with Crippen molar-refractivity contribution in [3.63, 3.8) is 0 Å². The van der Waals surface area contributed by atoms with E-state index in [0.717, 1.165) is 12.8 Å². The van der Waals surface area contributed by atoms with E-state index in [0.29, 0.717) is 26.1 Å². The fraction of sp³-hybridized carbons (Fsp3) is 0.882. The Morgan fingerprint density at radius 1 is 0.857 bits per heavy atom. The fourth-order valence-corrected chi connectivity index (χ4v) is 2.28. The highest BCUT2D eigenvalue weighted by atomic mass is 16.5. The van der Waals surface area contributed by atoms with Gasteiger partial charge in [0.05, 0.1) is 25.0 Å². The molecule has 0 N–H and O–H groups in total. The Bertz CT molecular complexity index is 317. The Morgan fingerprint density at radius 3 is 1.62 bits per heavy atom. The van der Waals surface area contributed by atoms with E-state index in [-0.39, 0.29) is 17.4 Å². The molecule has 0 aromatic heterocycles. The first-order chi connectivity index (χ1) is 9.76. The smallest absolute Gasteiger partial charge is 0.309 e. The summed E-state index contributed by atoms with van der Waals surface area (Å²) in [5.41, 5.74) is -0.0473. The zero-order chi connectivity index (χ0) is 16.5. The van der Waals surface area contributed by atoms with Gasteiger partial charge in [0, 0.05) is 0 Å². The van der Waals surface area contributed by atoms with Crippen molar-refractivity contribution in [3.8, 4) is 0 Å². The van der Waals surface area contributed by atoms with Crippen molar-refractivity contribution in [1.29, 1.82) is 0 Å². The summed E-state index contributed by atoms with van der Waals surface area (Å²) < 4.78 is 10.5. The summed E-state index contributed by atoms with van der Waals surface area (Å²) in [6.07, 6.45) is 2.78. The second-order valence-corrected chi connectivity index (χ2v) is 6.72. The normalized spacial score (nSPS) is 14.4. The van der Waals surface area contributed by atoms with E-state index in [4.69, 9.17) is 9.47 Å². The Labute approximate surface area is 129 Å². The predicted octanol–water partition coefficient (Wildman–Crippen LogP) is 3.97. The van der Waals surface area contributed by atoms with Gasteiger partial charge < -0.3 is 9.47 Å². The average Bonchev–Trinajstić information content (AvgIpc) is 2.40. The molecule has 0 rings (SSSR count). The molecular weight excluding hydrogens is 268 g/mol. The maximum absolute atomic E-state index is 12.3. The molecule has 0 aromatic rings. The molecule has 0 saturated heterocycles. The number of hydrogen-bond acceptors (Lipinski definition) is 4. The van der Waals surface area contributed by atoms with Crippen LogP contribution in [0.1, 0.15) is 67.2 Å². The van der Waals surface area contributed by atoms with Crippen molar-refractivity contribution < 1.29 is 19.1 Å².